The van der Waals surface area contributed by atoms with Gasteiger partial charge in [-0.15, -0.1) is 0 Å². The van der Waals surface area contributed by atoms with Crippen LogP contribution in [-0.4, -0.2) is 29.5 Å². The van der Waals surface area contributed by atoms with Crippen LogP contribution in [0.25, 0.3) is 0 Å². The monoisotopic (exact) mass is 435 g/mol. The number of benzene rings is 2. The minimum atomic E-state index is -0.875. The molecule has 3 aromatic rings. The average Bonchev–Trinajstić information content (AvgIpc) is 3.45. The second kappa shape index (κ2) is 8.72. The molecule has 0 saturated carbocycles. The second-order valence-electron chi connectivity index (χ2n) is 6.96. The number of nitrogens with one attached hydrogen (secondary N) is 2. The third kappa shape index (κ3) is 4.48. The van der Waals surface area contributed by atoms with Crippen molar-refractivity contribution >= 4 is 40.5 Å². The van der Waals surface area contributed by atoms with E-state index in [1.54, 1.807) is 30.3 Å². The zero-order valence-electron chi connectivity index (χ0n) is 16.6. The van der Waals surface area contributed by atoms with E-state index in [-0.39, 0.29) is 17.9 Å². The molecule has 162 valence electrons. The van der Waals surface area contributed by atoms with Crippen molar-refractivity contribution in [2.45, 2.75) is 12.5 Å². The third-order valence-corrected chi connectivity index (χ3v) is 4.72. The first-order valence-electron chi connectivity index (χ1n) is 9.58. The number of hydrogen-bond acceptors (Lipinski definition) is 6. The number of hydrazone groups is 1. The lowest BCUT2D eigenvalue weighted by molar-refractivity contribution is -0.119. The molecule has 10 heteroatoms. The Hall–Kier alpha value is -4.47. The topological polar surface area (TPSA) is 130 Å². The number of anilines is 3. The molecule has 2 aromatic carbocycles. The maximum absolute atomic E-state index is 13.2. The molecule has 1 unspecified atom stereocenters. The van der Waals surface area contributed by atoms with Gasteiger partial charge >= 0.3 is 0 Å². The molecule has 4 rings (SSSR count). The Labute approximate surface area is 181 Å². The number of amides is 3. The normalized spacial score (nSPS) is 15.2. The Kier molecular flexibility index (Phi) is 5.67. The van der Waals surface area contributed by atoms with Crippen LogP contribution in [0.3, 0.4) is 0 Å². The van der Waals surface area contributed by atoms with E-state index in [4.69, 9.17) is 10.2 Å². The number of hydrogen-bond donors (Lipinski definition) is 3. The number of rotatable bonds is 6. The van der Waals surface area contributed by atoms with Crippen molar-refractivity contribution in [3.05, 3.63) is 78.5 Å². The predicted octanol–water partition coefficient (Wildman–Crippen LogP) is 2.73. The third-order valence-electron chi connectivity index (χ3n) is 4.72. The van der Waals surface area contributed by atoms with Gasteiger partial charge in [0.2, 0.25) is 5.91 Å². The number of carbonyl (C=O) groups excluding carboxylic acids is 3. The highest BCUT2D eigenvalue weighted by Gasteiger charge is 2.35. The largest absolute Gasteiger partial charge is 0.459 e. The van der Waals surface area contributed by atoms with Crippen LogP contribution in [-0.2, 0) is 9.59 Å². The van der Waals surface area contributed by atoms with E-state index < -0.39 is 29.6 Å². The minimum Gasteiger partial charge on any atom is -0.459 e. The molecular weight excluding hydrogens is 417 g/mol. The van der Waals surface area contributed by atoms with Crippen LogP contribution >= 0.6 is 0 Å². The Morgan fingerprint density at radius 1 is 1.00 bits per heavy atom. The van der Waals surface area contributed by atoms with E-state index in [9.17, 15) is 18.8 Å². The molecule has 3 amide bonds. The summed E-state index contributed by atoms with van der Waals surface area (Å²) in [5.74, 6) is -1.92. The zero-order chi connectivity index (χ0) is 22.7. The molecule has 0 aliphatic carbocycles. The highest BCUT2D eigenvalue weighted by atomic mass is 19.1. The summed E-state index contributed by atoms with van der Waals surface area (Å²) in [7, 11) is 0. The van der Waals surface area contributed by atoms with Gasteiger partial charge in [-0.2, -0.15) is 5.10 Å². The maximum Gasteiger partial charge on any atom is 0.291 e. The lowest BCUT2D eigenvalue weighted by Crippen LogP contribution is -2.39. The molecule has 0 fully saturated rings. The van der Waals surface area contributed by atoms with Crippen LogP contribution in [0, 0.1) is 5.82 Å². The number of carbonyl (C=O) groups is 3. The van der Waals surface area contributed by atoms with Gasteiger partial charge in [-0.25, -0.2) is 4.39 Å². The SMILES string of the molecule is NC(=O)C1CC(C(=O)Nc2cccc(NC(=O)c3ccco3)c2)=NN1c1ccc(F)cc1. The molecule has 4 N–H and O–H groups in total. The van der Waals surface area contributed by atoms with Gasteiger partial charge in [-0.1, -0.05) is 6.07 Å². The van der Waals surface area contributed by atoms with E-state index in [0.29, 0.717) is 17.1 Å². The predicted molar refractivity (Wildman–Crippen MR) is 116 cm³/mol. The molecule has 1 aliphatic heterocycles. The zero-order valence-corrected chi connectivity index (χ0v) is 16.6. The molecule has 0 saturated heterocycles. The Morgan fingerprint density at radius 2 is 1.69 bits per heavy atom. The van der Waals surface area contributed by atoms with E-state index in [1.165, 1.54) is 41.6 Å². The number of nitrogens with two attached hydrogens (primary N) is 1. The Morgan fingerprint density at radius 3 is 2.31 bits per heavy atom. The first-order chi connectivity index (χ1) is 15.4. The highest BCUT2D eigenvalue weighted by molar-refractivity contribution is 6.44. The summed E-state index contributed by atoms with van der Waals surface area (Å²) in [6.45, 7) is 0. The summed E-state index contributed by atoms with van der Waals surface area (Å²) >= 11 is 0. The van der Waals surface area contributed by atoms with E-state index >= 15 is 0 Å². The van der Waals surface area contributed by atoms with Crippen LogP contribution < -0.4 is 21.4 Å². The van der Waals surface area contributed by atoms with E-state index in [1.807, 2.05) is 0 Å². The first-order valence-corrected chi connectivity index (χ1v) is 9.58. The molecule has 0 bridgehead atoms. The van der Waals surface area contributed by atoms with Crippen molar-refractivity contribution in [2.24, 2.45) is 10.8 Å². The Balaban J connectivity index is 1.48. The summed E-state index contributed by atoms with van der Waals surface area (Å²) in [6, 6.07) is 14.1. The van der Waals surface area contributed by atoms with Gasteiger partial charge in [-0.3, -0.25) is 19.4 Å². The van der Waals surface area contributed by atoms with Gasteiger partial charge in [0.15, 0.2) is 5.76 Å². The van der Waals surface area contributed by atoms with Gasteiger partial charge in [0.05, 0.1) is 12.0 Å². The molecule has 1 atom stereocenters. The molecule has 2 heterocycles. The van der Waals surface area contributed by atoms with Crippen molar-refractivity contribution < 1.29 is 23.2 Å². The molecule has 0 spiro atoms. The van der Waals surface area contributed by atoms with Crippen molar-refractivity contribution in [1.82, 2.24) is 0 Å². The summed E-state index contributed by atoms with van der Waals surface area (Å²) in [6.07, 6.45) is 1.38. The molecule has 0 radical (unpaired) electrons. The van der Waals surface area contributed by atoms with Gasteiger partial charge in [0.25, 0.3) is 11.8 Å². The van der Waals surface area contributed by atoms with Gasteiger partial charge in [0.1, 0.15) is 17.6 Å². The van der Waals surface area contributed by atoms with Crippen LogP contribution in [0.15, 0.2) is 76.4 Å². The summed E-state index contributed by atoms with van der Waals surface area (Å²) in [5, 5.41) is 10.9. The summed E-state index contributed by atoms with van der Waals surface area (Å²) in [5.41, 5.74) is 6.84. The number of primary amides is 1. The van der Waals surface area contributed by atoms with Crippen molar-refractivity contribution in [3.8, 4) is 0 Å². The molecule has 9 nitrogen and oxygen atoms in total. The van der Waals surface area contributed by atoms with Gasteiger partial charge in [-0.05, 0) is 54.6 Å². The highest BCUT2D eigenvalue weighted by Crippen LogP contribution is 2.25. The summed E-state index contributed by atoms with van der Waals surface area (Å²) < 4.78 is 18.3. The van der Waals surface area contributed by atoms with Crippen molar-refractivity contribution in [3.63, 3.8) is 0 Å². The van der Waals surface area contributed by atoms with Gasteiger partial charge < -0.3 is 20.8 Å². The fraction of sp³-hybridized carbons (Fsp3) is 0.0909. The lowest BCUT2D eigenvalue weighted by atomic mass is 10.1. The smallest absolute Gasteiger partial charge is 0.291 e. The van der Waals surface area contributed by atoms with Gasteiger partial charge in [0, 0.05) is 17.8 Å². The van der Waals surface area contributed by atoms with E-state index in [0.717, 1.165) is 0 Å². The lowest BCUT2D eigenvalue weighted by Gasteiger charge is -2.20. The fourth-order valence-corrected chi connectivity index (χ4v) is 3.18. The average molecular weight is 435 g/mol. The first kappa shape index (κ1) is 20.8. The number of halogens is 1. The maximum atomic E-state index is 13.2. The fourth-order valence-electron chi connectivity index (χ4n) is 3.18. The van der Waals surface area contributed by atoms with Crippen molar-refractivity contribution in [2.75, 3.05) is 15.6 Å². The molecule has 1 aromatic heterocycles. The number of furan rings is 1. The van der Waals surface area contributed by atoms with Crippen LogP contribution in [0.5, 0.6) is 0 Å². The molecule has 32 heavy (non-hydrogen) atoms. The number of nitrogens with zero attached hydrogens (tertiary/aromatic N) is 2. The minimum absolute atomic E-state index is 0.00648. The second-order valence-corrected chi connectivity index (χ2v) is 6.96. The molecular formula is C22H18FN5O4. The Bertz CT molecular complexity index is 1190. The van der Waals surface area contributed by atoms with Crippen molar-refractivity contribution in [1.29, 1.82) is 0 Å². The van der Waals surface area contributed by atoms with E-state index in [2.05, 4.69) is 15.7 Å². The molecule has 1 aliphatic rings. The van der Waals surface area contributed by atoms with Crippen LogP contribution in [0.4, 0.5) is 21.5 Å². The van der Waals surface area contributed by atoms with Crippen LogP contribution in [0.1, 0.15) is 17.0 Å². The quantitative estimate of drug-likeness (QED) is 0.548. The standard InChI is InChI=1S/C22H18FN5O4/c23-13-6-8-16(9-7-13)28-18(20(24)29)12-17(27-28)21(30)25-14-3-1-4-15(11-14)26-22(31)19-5-2-10-32-19/h1-11,18H,12H2,(H2,24,29)(H,25,30)(H,26,31). The van der Waals surface area contributed by atoms with Crippen LogP contribution in [0.2, 0.25) is 0 Å². The summed E-state index contributed by atoms with van der Waals surface area (Å²) in [4.78, 5) is 36.8.